The van der Waals surface area contributed by atoms with Gasteiger partial charge in [-0.25, -0.2) is 0 Å². The van der Waals surface area contributed by atoms with Crippen molar-refractivity contribution in [2.24, 2.45) is 0 Å². The molecule has 1 aliphatic heterocycles. The molecule has 0 spiro atoms. The first-order valence-corrected chi connectivity index (χ1v) is 8.92. The average molecular weight is 365 g/mol. The van der Waals surface area contributed by atoms with E-state index >= 15 is 0 Å². The zero-order chi connectivity index (χ0) is 19.6. The SMILES string of the molecule is CC(=O)N[C@]1(CC(=O)Nc2ccccc2)C(=O)N(C(C)C)c2ccccc21. The summed E-state index contributed by atoms with van der Waals surface area (Å²) in [5.41, 5.74) is 0.590. The third-order valence-corrected chi connectivity index (χ3v) is 4.60. The Labute approximate surface area is 158 Å². The van der Waals surface area contributed by atoms with Crippen LogP contribution in [0.15, 0.2) is 54.6 Å². The molecule has 0 saturated carbocycles. The van der Waals surface area contributed by atoms with Crippen LogP contribution in [0.25, 0.3) is 0 Å². The zero-order valence-corrected chi connectivity index (χ0v) is 15.7. The highest BCUT2D eigenvalue weighted by Crippen LogP contribution is 2.43. The van der Waals surface area contributed by atoms with Crippen molar-refractivity contribution in [3.8, 4) is 0 Å². The number of carbonyl (C=O) groups is 3. The van der Waals surface area contributed by atoms with Gasteiger partial charge in [0.2, 0.25) is 11.8 Å². The van der Waals surface area contributed by atoms with Gasteiger partial charge in [0.05, 0.1) is 12.1 Å². The van der Waals surface area contributed by atoms with Gasteiger partial charge in [0.1, 0.15) is 0 Å². The highest BCUT2D eigenvalue weighted by Gasteiger charge is 2.53. The van der Waals surface area contributed by atoms with Crippen LogP contribution in [0.5, 0.6) is 0 Å². The molecule has 0 radical (unpaired) electrons. The van der Waals surface area contributed by atoms with Crippen molar-refractivity contribution < 1.29 is 14.4 Å². The van der Waals surface area contributed by atoms with Crippen LogP contribution in [0.3, 0.4) is 0 Å². The molecule has 0 aromatic heterocycles. The number of hydrogen-bond donors (Lipinski definition) is 2. The number of benzene rings is 2. The Morgan fingerprint density at radius 1 is 1.04 bits per heavy atom. The molecule has 0 aliphatic carbocycles. The van der Waals surface area contributed by atoms with Gasteiger partial charge in [-0.15, -0.1) is 0 Å². The van der Waals surface area contributed by atoms with E-state index < -0.39 is 5.54 Å². The van der Waals surface area contributed by atoms with E-state index in [2.05, 4.69) is 10.6 Å². The van der Waals surface area contributed by atoms with Crippen LogP contribution in [-0.4, -0.2) is 23.8 Å². The van der Waals surface area contributed by atoms with Gasteiger partial charge in [-0.1, -0.05) is 36.4 Å². The molecule has 3 amide bonds. The van der Waals surface area contributed by atoms with Crippen molar-refractivity contribution >= 4 is 29.1 Å². The van der Waals surface area contributed by atoms with Gasteiger partial charge < -0.3 is 15.5 Å². The minimum atomic E-state index is -1.41. The standard InChI is InChI=1S/C21H23N3O3/c1-14(2)24-18-12-8-7-11-17(18)21(20(24)27,23-15(3)25)13-19(26)22-16-9-5-4-6-10-16/h4-12,14H,13H2,1-3H3,(H,22,26)(H,23,25)/t21-/m0/s1. The Morgan fingerprint density at radius 3 is 2.30 bits per heavy atom. The number of para-hydroxylation sites is 2. The monoisotopic (exact) mass is 365 g/mol. The molecule has 3 rings (SSSR count). The van der Waals surface area contributed by atoms with Crippen molar-refractivity contribution in [1.29, 1.82) is 0 Å². The zero-order valence-electron chi connectivity index (χ0n) is 15.7. The number of fused-ring (bicyclic) bond motifs is 1. The molecule has 0 saturated heterocycles. The maximum atomic E-state index is 13.4. The summed E-state index contributed by atoms with van der Waals surface area (Å²) in [6.45, 7) is 5.16. The molecule has 1 atom stereocenters. The molecule has 27 heavy (non-hydrogen) atoms. The minimum absolute atomic E-state index is 0.105. The molecule has 0 bridgehead atoms. The van der Waals surface area contributed by atoms with Crippen molar-refractivity contribution in [3.63, 3.8) is 0 Å². The third kappa shape index (κ3) is 3.43. The summed E-state index contributed by atoms with van der Waals surface area (Å²) in [7, 11) is 0. The topological polar surface area (TPSA) is 78.5 Å². The van der Waals surface area contributed by atoms with Gasteiger partial charge in [0.15, 0.2) is 5.54 Å². The summed E-state index contributed by atoms with van der Waals surface area (Å²) in [4.78, 5) is 39.7. The number of nitrogens with zero attached hydrogens (tertiary/aromatic N) is 1. The van der Waals surface area contributed by atoms with Gasteiger partial charge in [-0.05, 0) is 32.0 Å². The van der Waals surface area contributed by atoms with E-state index in [1.165, 1.54) is 6.92 Å². The molecule has 2 aromatic carbocycles. The first-order chi connectivity index (χ1) is 12.8. The molecular formula is C21H23N3O3. The number of amides is 3. The second-order valence-electron chi connectivity index (χ2n) is 6.96. The fourth-order valence-electron chi connectivity index (χ4n) is 3.59. The highest BCUT2D eigenvalue weighted by molar-refractivity contribution is 6.12. The van der Waals surface area contributed by atoms with E-state index in [0.717, 1.165) is 5.69 Å². The van der Waals surface area contributed by atoms with E-state index in [9.17, 15) is 14.4 Å². The summed E-state index contributed by atoms with van der Waals surface area (Å²) in [5, 5.41) is 5.57. The van der Waals surface area contributed by atoms with E-state index in [1.807, 2.05) is 50.2 Å². The van der Waals surface area contributed by atoms with Gasteiger partial charge in [0.25, 0.3) is 5.91 Å². The van der Waals surface area contributed by atoms with E-state index in [4.69, 9.17) is 0 Å². The van der Waals surface area contributed by atoms with Crippen molar-refractivity contribution in [2.45, 2.75) is 38.8 Å². The van der Waals surface area contributed by atoms with Gasteiger partial charge in [-0.3, -0.25) is 14.4 Å². The summed E-state index contributed by atoms with van der Waals surface area (Å²) >= 11 is 0. The quantitative estimate of drug-likeness (QED) is 0.855. The molecule has 140 valence electrons. The van der Waals surface area contributed by atoms with Crippen LogP contribution < -0.4 is 15.5 Å². The van der Waals surface area contributed by atoms with Crippen LogP contribution in [0.4, 0.5) is 11.4 Å². The lowest BCUT2D eigenvalue weighted by Crippen LogP contribution is -2.55. The molecule has 2 N–H and O–H groups in total. The van der Waals surface area contributed by atoms with Crippen LogP contribution in [-0.2, 0) is 19.9 Å². The molecule has 0 fully saturated rings. The molecule has 6 nitrogen and oxygen atoms in total. The van der Waals surface area contributed by atoms with Crippen LogP contribution in [0, 0.1) is 0 Å². The van der Waals surface area contributed by atoms with Gasteiger partial charge in [0, 0.05) is 24.2 Å². The fraction of sp³-hybridized carbons (Fsp3) is 0.286. The number of rotatable bonds is 5. The van der Waals surface area contributed by atoms with Crippen molar-refractivity contribution in [3.05, 3.63) is 60.2 Å². The maximum absolute atomic E-state index is 13.4. The Hall–Kier alpha value is -3.15. The van der Waals surface area contributed by atoms with E-state index in [1.54, 1.807) is 23.1 Å². The second-order valence-corrected chi connectivity index (χ2v) is 6.96. The number of hydrogen-bond acceptors (Lipinski definition) is 3. The van der Waals surface area contributed by atoms with Gasteiger partial charge >= 0.3 is 0 Å². The summed E-state index contributed by atoms with van der Waals surface area (Å²) in [5.74, 6) is -1.00. The van der Waals surface area contributed by atoms with Crippen LogP contribution in [0.2, 0.25) is 0 Å². The predicted octanol–water partition coefficient (Wildman–Crippen LogP) is 2.80. The lowest BCUT2D eigenvalue weighted by atomic mass is 9.87. The molecule has 0 unspecified atom stereocenters. The van der Waals surface area contributed by atoms with Crippen molar-refractivity contribution in [1.82, 2.24) is 5.32 Å². The number of anilines is 2. The normalized spacial score (nSPS) is 18.4. The summed E-state index contributed by atoms with van der Waals surface area (Å²) in [6.07, 6.45) is -0.180. The largest absolute Gasteiger partial charge is 0.338 e. The molecular weight excluding hydrogens is 342 g/mol. The Balaban J connectivity index is 2.01. The Kier molecular flexibility index (Phi) is 4.99. The molecule has 1 aliphatic rings. The average Bonchev–Trinajstić information content (AvgIpc) is 2.84. The fourth-order valence-corrected chi connectivity index (χ4v) is 3.59. The second kappa shape index (κ2) is 7.23. The molecule has 6 heteroatoms. The van der Waals surface area contributed by atoms with Gasteiger partial charge in [-0.2, -0.15) is 0 Å². The molecule has 2 aromatic rings. The number of carbonyl (C=O) groups excluding carboxylic acids is 3. The molecule has 1 heterocycles. The summed E-state index contributed by atoms with van der Waals surface area (Å²) in [6, 6.07) is 16.2. The third-order valence-electron chi connectivity index (χ3n) is 4.60. The van der Waals surface area contributed by atoms with Crippen LogP contribution >= 0.6 is 0 Å². The highest BCUT2D eigenvalue weighted by atomic mass is 16.2. The smallest absolute Gasteiger partial charge is 0.258 e. The van der Waals surface area contributed by atoms with E-state index in [0.29, 0.717) is 11.3 Å². The Morgan fingerprint density at radius 2 is 1.67 bits per heavy atom. The number of nitrogens with one attached hydrogen (secondary N) is 2. The van der Waals surface area contributed by atoms with Crippen LogP contribution in [0.1, 0.15) is 32.8 Å². The van der Waals surface area contributed by atoms with E-state index in [-0.39, 0.29) is 30.2 Å². The Bertz CT molecular complexity index is 879. The first-order valence-electron chi connectivity index (χ1n) is 8.92. The minimum Gasteiger partial charge on any atom is -0.338 e. The summed E-state index contributed by atoms with van der Waals surface area (Å²) < 4.78 is 0. The predicted molar refractivity (Wildman–Crippen MR) is 104 cm³/mol. The lowest BCUT2D eigenvalue weighted by molar-refractivity contribution is -0.133. The lowest BCUT2D eigenvalue weighted by Gasteiger charge is -2.30. The van der Waals surface area contributed by atoms with Crippen molar-refractivity contribution in [2.75, 3.05) is 10.2 Å². The first kappa shape index (κ1) is 18.6. The maximum Gasteiger partial charge on any atom is 0.258 e.